The van der Waals surface area contributed by atoms with E-state index in [9.17, 15) is 0 Å². The maximum absolute atomic E-state index is 5.88. The zero-order chi connectivity index (χ0) is 16.8. The predicted octanol–water partition coefficient (Wildman–Crippen LogP) is 4.80. The highest BCUT2D eigenvalue weighted by molar-refractivity contribution is 7.78. The summed E-state index contributed by atoms with van der Waals surface area (Å²) >= 11 is 17.6. The van der Waals surface area contributed by atoms with Gasteiger partial charge in [-0.2, -0.15) is 0 Å². The molecule has 3 fully saturated rings. The molecule has 0 radical (unpaired) electrons. The van der Waals surface area contributed by atoms with Gasteiger partial charge in [-0.3, -0.25) is 13.6 Å². The van der Waals surface area contributed by atoms with Gasteiger partial charge < -0.3 is 13.6 Å². The Morgan fingerprint density at radius 1 is 0.625 bits per heavy atom. The zero-order valence-corrected chi connectivity index (χ0v) is 17.2. The summed E-state index contributed by atoms with van der Waals surface area (Å²) in [5.74, 6) is 0.788. The number of hydrogen-bond donors (Lipinski definition) is 0. The molecule has 138 valence electrons. The van der Waals surface area contributed by atoms with Gasteiger partial charge in [0.2, 0.25) is 0 Å². The Bertz CT molecular complexity index is 586. The minimum atomic E-state index is -3.03. The van der Waals surface area contributed by atoms with E-state index in [1.165, 1.54) is 0 Å². The first-order valence-electron chi connectivity index (χ1n) is 7.12. The maximum Gasteiger partial charge on any atom is 0.349 e. The molecule has 9 nitrogen and oxygen atoms in total. The molecule has 4 rings (SSSR count). The van der Waals surface area contributed by atoms with Gasteiger partial charge in [0.25, 0.3) is 0 Å². The molecule has 3 unspecified atom stereocenters. The monoisotopic (exact) mass is 459 g/mol. The van der Waals surface area contributed by atoms with Crippen molar-refractivity contribution < 1.29 is 27.1 Å². The molecule has 0 aromatic heterocycles. The van der Waals surface area contributed by atoms with Crippen molar-refractivity contribution in [3.8, 4) is 0 Å². The zero-order valence-electron chi connectivity index (χ0n) is 12.2. The van der Waals surface area contributed by atoms with Crippen molar-refractivity contribution in [1.82, 2.24) is 0 Å². The minimum Gasteiger partial charge on any atom is -0.303 e. The average Bonchev–Trinajstić information content (AvgIpc) is 3.25. The number of hydrogen-bond acceptors (Lipinski definition) is 9. The van der Waals surface area contributed by atoms with Gasteiger partial charge in [0.1, 0.15) is 18.3 Å². The molecule has 4 aliphatic rings. The lowest BCUT2D eigenvalue weighted by molar-refractivity contribution is 0.262. The topological polar surface area (TPSA) is 92.5 Å². The van der Waals surface area contributed by atoms with Gasteiger partial charge in [-0.1, -0.05) is 0 Å². The third-order valence-corrected chi connectivity index (χ3v) is 13.0. The van der Waals surface area contributed by atoms with Gasteiger partial charge in [0.05, 0.1) is 37.5 Å². The summed E-state index contributed by atoms with van der Waals surface area (Å²) in [5.41, 5.74) is 0. The highest BCUT2D eigenvalue weighted by Gasteiger charge is 2.51. The molecule has 3 spiro atoms. The van der Waals surface area contributed by atoms with E-state index in [0.29, 0.717) is 0 Å². The first-order valence-corrected chi connectivity index (χ1v) is 13.3. The van der Waals surface area contributed by atoms with Crippen LogP contribution in [0.1, 0.15) is 0 Å². The van der Waals surface area contributed by atoms with Crippen molar-refractivity contribution in [3.63, 3.8) is 0 Å². The van der Waals surface area contributed by atoms with Crippen molar-refractivity contribution in [1.29, 1.82) is 0 Å². The molecular weight excluding hydrogens is 445 g/mol. The summed E-state index contributed by atoms with van der Waals surface area (Å²) < 4.78 is 48.6. The Morgan fingerprint density at radius 2 is 0.917 bits per heavy atom. The van der Waals surface area contributed by atoms with Crippen molar-refractivity contribution in [2.45, 2.75) is 18.3 Å². The van der Waals surface area contributed by atoms with Crippen molar-refractivity contribution in [3.05, 3.63) is 0 Å². The van der Waals surface area contributed by atoms with Crippen LogP contribution >= 0.6 is 57.8 Å². The standard InChI is InChI=1S/C9H15Cl3N3O6P3/c10-1-7-4-16-22(19-7)13-23(17-5-8(2-11)20-23)15-24(14-22)18-6-9(3-12)21-24/h7-9H,1-6H2. The van der Waals surface area contributed by atoms with Gasteiger partial charge in [-0.15, -0.1) is 48.3 Å². The number of rotatable bonds is 3. The second-order valence-corrected chi connectivity index (χ2v) is 12.7. The molecule has 3 saturated heterocycles. The van der Waals surface area contributed by atoms with Crippen LogP contribution in [0.25, 0.3) is 0 Å². The molecule has 0 aromatic rings. The summed E-state index contributed by atoms with van der Waals surface area (Å²) in [7, 11) is -9.10. The lowest BCUT2D eigenvalue weighted by Crippen LogP contribution is -2.10. The van der Waals surface area contributed by atoms with Crippen LogP contribution in [0, 0.1) is 0 Å². The fourth-order valence-corrected chi connectivity index (χ4v) is 12.9. The van der Waals surface area contributed by atoms with E-state index in [1.54, 1.807) is 0 Å². The Balaban J connectivity index is 1.79. The van der Waals surface area contributed by atoms with E-state index in [2.05, 4.69) is 13.5 Å². The predicted molar refractivity (Wildman–Crippen MR) is 92.7 cm³/mol. The SMILES string of the molecule is ClCC1COP2(=NP3(=NP4(=N2)OCC(CCl)O4)OCC(CCl)O3)O1. The van der Waals surface area contributed by atoms with Gasteiger partial charge >= 0.3 is 23.0 Å². The second-order valence-electron chi connectivity index (χ2n) is 5.27. The second kappa shape index (κ2) is 7.05. The molecule has 0 aromatic carbocycles. The molecule has 4 aliphatic heterocycles. The van der Waals surface area contributed by atoms with Crippen molar-refractivity contribution >= 4 is 57.8 Å². The van der Waals surface area contributed by atoms with Crippen LogP contribution in [0.2, 0.25) is 0 Å². The smallest absolute Gasteiger partial charge is 0.303 e. The van der Waals surface area contributed by atoms with E-state index in [0.717, 1.165) is 0 Å². The van der Waals surface area contributed by atoms with E-state index in [1.807, 2.05) is 0 Å². The van der Waals surface area contributed by atoms with Crippen LogP contribution in [0.5, 0.6) is 0 Å². The fourth-order valence-electron chi connectivity index (χ4n) is 2.29. The number of nitrogens with zero attached hydrogens (tertiary/aromatic N) is 3. The Kier molecular flexibility index (Phi) is 5.48. The maximum atomic E-state index is 5.88. The van der Waals surface area contributed by atoms with E-state index in [-0.39, 0.29) is 55.8 Å². The summed E-state index contributed by atoms with van der Waals surface area (Å²) in [4.78, 5) is 0. The summed E-state index contributed by atoms with van der Waals surface area (Å²) in [6.45, 7) is 0.840. The van der Waals surface area contributed by atoms with Crippen LogP contribution in [0.15, 0.2) is 13.5 Å². The molecule has 0 saturated carbocycles. The highest BCUT2D eigenvalue weighted by Crippen LogP contribution is 2.83. The Hall–Kier alpha value is 1.32. The van der Waals surface area contributed by atoms with Gasteiger partial charge in [0, 0.05) is 0 Å². The van der Waals surface area contributed by atoms with E-state index < -0.39 is 23.0 Å². The Morgan fingerprint density at radius 3 is 1.12 bits per heavy atom. The van der Waals surface area contributed by atoms with Crippen LogP contribution in [-0.2, 0) is 27.1 Å². The average molecular weight is 461 g/mol. The highest BCUT2D eigenvalue weighted by atomic mass is 35.5. The summed E-state index contributed by atoms with van der Waals surface area (Å²) in [6.07, 6.45) is -0.948. The van der Waals surface area contributed by atoms with Crippen molar-refractivity contribution in [2.24, 2.45) is 13.5 Å². The molecule has 0 N–H and O–H groups in total. The molecule has 4 heterocycles. The lowest BCUT2D eigenvalue weighted by atomic mass is 10.5. The third-order valence-electron chi connectivity index (χ3n) is 3.34. The van der Waals surface area contributed by atoms with Crippen LogP contribution in [0.4, 0.5) is 0 Å². The number of alkyl halides is 3. The molecule has 3 atom stereocenters. The Labute approximate surface area is 154 Å². The normalized spacial score (nSPS) is 50.4. The molecule has 0 bridgehead atoms. The summed E-state index contributed by atoms with van der Waals surface area (Å²) in [6, 6.07) is 0. The van der Waals surface area contributed by atoms with Crippen LogP contribution in [-0.4, -0.2) is 55.8 Å². The van der Waals surface area contributed by atoms with Gasteiger partial charge in [0.15, 0.2) is 0 Å². The molecule has 15 heteroatoms. The van der Waals surface area contributed by atoms with E-state index >= 15 is 0 Å². The fraction of sp³-hybridized carbons (Fsp3) is 1.00. The van der Waals surface area contributed by atoms with Gasteiger partial charge in [-0.25, -0.2) is 0 Å². The third kappa shape index (κ3) is 3.42. The van der Waals surface area contributed by atoms with Crippen LogP contribution in [0.3, 0.4) is 0 Å². The molecule has 0 amide bonds. The quantitative estimate of drug-likeness (QED) is 0.444. The largest absolute Gasteiger partial charge is 0.349 e. The summed E-state index contributed by atoms with van der Waals surface area (Å²) in [5, 5.41) is 0. The van der Waals surface area contributed by atoms with Crippen LogP contribution < -0.4 is 0 Å². The number of halogens is 3. The van der Waals surface area contributed by atoms with Gasteiger partial charge in [-0.05, 0) is 0 Å². The minimum absolute atomic E-state index is 0.263. The lowest BCUT2D eigenvalue weighted by Gasteiger charge is -2.26. The molecular formula is C9H15Cl3N3O6P3. The first-order chi connectivity index (χ1) is 11.5. The molecule has 24 heavy (non-hydrogen) atoms. The first kappa shape index (κ1) is 18.7. The van der Waals surface area contributed by atoms with E-state index in [4.69, 9.17) is 61.9 Å². The van der Waals surface area contributed by atoms with Crippen molar-refractivity contribution in [2.75, 3.05) is 37.5 Å². The molecule has 0 aliphatic carbocycles.